The Bertz CT molecular complexity index is 1370. The Morgan fingerprint density at radius 1 is 1.05 bits per heavy atom. The number of aryl methyl sites for hydroxylation is 2. The van der Waals surface area contributed by atoms with Gasteiger partial charge in [-0.15, -0.1) is 0 Å². The van der Waals surface area contributed by atoms with E-state index < -0.39 is 40.1 Å². The molecule has 2 fully saturated rings. The first-order valence-electron chi connectivity index (χ1n) is 14.3. The highest BCUT2D eigenvalue weighted by atomic mass is 35.5. The number of carbonyl (C=O) groups excluding carboxylic acids is 1. The fourth-order valence-electron chi connectivity index (χ4n) is 7.51. The predicted molar refractivity (Wildman–Crippen MR) is 149 cm³/mol. The van der Waals surface area contributed by atoms with E-state index >= 15 is 0 Å². The summed E-state index contributed by atoms with van der Waals surface area (Å²) >= 11 is 6.29. The van der Waals surface area contributed by atoms with E-state index in [1.807, 2.05) is 36.9 Å². The molecule has 3 atom stereocenters. The lowest BCUT2D eigenvalue weighted by atomic mass is 9.63. The second-order valence-corrected chi connectivity index (χ2v) is 13.2. The molecule has 5 rings (SSSR count). The maximum Gasteiger partial charge on any atom is 0.426 e. The molecule has 41 heavy (non-hydrogen) atoms. The molecule has 3 unspecified atom stereocenters. The number of fused-ring (bicyclic) bond motifs is 3. The van der Waals surface area contributed by atoms with Crippen molar-refractivity contribution < 1.29 is 32.3 Å². The second kappa shape index (κ2) is 10.3. The summed E-state index contributed by atoms with van der Waals surface area (Å²) in [7, 11) is 0. The van der Waals surface area contributed by atoms with E-state index in [0.717, 1.165) is 16.7 Å². The van der Waals surface area contributed by atoms with Crippen LogP contribution in [0.5, 0.6) is 0 Å². The van der Waals surface area contributed by atoms with Gasteiger partial charge in [0.05, 0.1) is 5.92 Å². The summed E-state index contributed by atoms with van der Waals surface area (Å²) < 4.78 is 55.6. The van der Waals surface area contributed by atoms with Crippen molar-refractivity contribution in [2.45, 2.75) is 95.4 Å². The molecule has 2 aromatic carbocycles. The maximum atomic E-state index is 15.0. The third-order valence-electron chi connectivity index (χ3n) is 10.2. The van der Waals surface area contributed by atoms with Crippen molar-refractivity contribution in [2.24, 2.45) is 11.3 Å². The van der Waals surface area contributed by atoms with Gasteiger partial charge in [0, 0.05) is 28.4 Å². The summed E-state index contributed by atoms with van der Waals surface area (Å²) in [6.07, 6.45) is -0.946. The minimum atomic E-state index is -5.04. The lowest BCUT2D eigenvalue weighted by molar-refractivity contribution is -0.228. The number of carboxylic acid groups (broad SMARTS) is 1. The molecule has 9 heteroatoms. The predicted octanol–water partition coefficient (Wildman–Crippen LogP) is 7.70. The summed E-state index contributed by atoms with van der Waals surface area (Å²) in [6, 6.07) is 9.88. The number of aliphatic carboxylic acids is 1. The van der Waals surface area contributed by atoms with Crippen LogP contribution in [0.1, 0.15) is 80.2 Å². The smallest absolute Gasteiger partial charge is 0.426 e. The molecule has 0 aromatic heterocycles. The van der Waals surface area contributed by atoms with Crippen LogP contribution in [0.4, 0.5) is 17.6 Å². The molecule has 1 heterocycles. The molecule has 1 amide bonds. The minimum absolute atomic E-state index is 0.0222. The highest BCUT2D eigenvalue weighted by molar-refractivity contribution is 6.31. The molecular formula is C32H36ClF4NO3. The quantitative estimate of drug-likeness (QED) is 0.361. The van der Waals surface area contributed by atoms with Crippen LogP contribution >= 0.6 is 11.6 Å². The van der Waals surface area contributed by atoms with Gasteiger partial charge in [-0.1, -0.05) is 48.9 Å². The van der Waals surface area contributed by atoms with Crippen LogP contribution in [0.15, 0.2) is 36.4 Å². The zero-order chi connectivity index (χ0) is 30.0. The molecule has 0 radical (unpaired) electrons. The third-order valence-corrected chi connectivity index (χ3v) is 10.6. The molecule has 4 nitrogen and oxygen atoms in total. The van der Waals surface area contributed by atoms with E-state index in [1.54, 1.807) is 6.07 Å². The van der Waals surface area contributed by atoms with E-state index in [0.29, 0.717) is 75.4 Å². The van der Waals surface area contributed by atoms with Gasteiger partial charge in [0.25, 0.3) is 0 Å². The average Bonchev–Trinajstić information content (AvgIpc) is 3.28. The molecular weight excluding hydrogens is 558 g/mol. The van der Waals surface area contributed by atoms with Crippen LogP contribution in [0.25, 0.3) is 0 Å². The Morgan fingerprint density at radius 3 is 2.34 bits per heavy atom. The van der Waals surface area contributed by atoms with Gasteiger partial charge >= 0.3 is 12.1 Å². The van der Waals surface area contributed by atoms with Crippen molar-refractivity contribution in [2.75, 3.05) is 6.54 Å². The first-order chi connectivity index (χ1) is 19.1. The van der Waals surface area contributed by atoms with Crippen LogP contribution in [0, 0.1) is 18.3 Å². The van der Waals surface area contributed by atoms with Crippen molar-refractivity contribution >= 4 is 23.5 Å². The van der Waals surface area contributed by atoms with E-state index in [9.17, 15) is 32.3 Å². The Kier molecular flexibility index (Phi) is 7.49. The van der Waals surface area contributed by atoms with Crippen LogP contribution in [-0.2, 0) is 33.5 Å². The van der Waals surface area contributed by atoms with E-state index in [-0.39, 0.29) is 11.9 Å². The van der Waals surface area contributed by atoms with Crippen LogP contribution in [-0.4, -0.2) is 40.6 Å². The maximum absolute atomic E-state index is 15.0. The summed E-state index contributed by atoms with van der Waals surface area (Å²) in [5, 5.41) is 10.1. The average molecular weight is 594 g/mol. The van der Waals surface area contributed by atoms with Crippen molar-refractivity contribution in [1.82, 2.24) is 4.90 Å². The number of benzene rings is 2. The summed E-state index contributed by atoms with van der Waals surface area (Å²) in [4.78, 5) is 27.6. The number of carbonyl (C=O) groups is 2. The Labute approximate surface area is 243 Å². The fraction of sp³-hybridized carbons (Fsp3) is 0.562. The second-order valence-electron chi connectivity index (χ2n) is 12.8. The highest BCUT2D eigenvalue weighted by Gasteiger charge is 2.57. The number of halogens is 5. The topological polar surface area (TPSA) is 57.6 Å². The molecule has 0 spiro atoms. The first kappa shape index (κ1) is 29.9. The van der Waals surface area contributed by atoms with Crippen LogP contribution in [0.2, 0.25) is 5.02 Å². The number of hydrogen-bond acceptors (Lipinski definition) is 2. The molecule has 222 valence electrons. The van der Waals surface area contributed by atoms with E-state index in [1.165, 1.54) is 12.1 Å². The Morgan fingerprint density at radius 2 is 1.73 bits per heavy atom. The molecule has 1 saturated carbocycles. The fourth-order valence-corrected chi connectivity index (χ4v) is 7.63. The highest BCUT2D eigenvalue weighted by Crippen LogP contribution is 2.53. The molecule has 1 saturated heterocycles. The van der Waals surface area contributed by atoms with E-state index in [4.69, 9.17) is 11.6 Å². The summed E-state index contributed by atoms with van der Waals surface area (Å²) in [5.74, 6) is -1.24. The van der Waals surface area contributed by atoms with Crippen LogP contribution < -0.4 is 0 Å². The van der Waals surface area contributed by atoms with Gasteiger partial charge in [-0.05, 0) is 99.1 Å². The molecule has 2 aromatic rings. The lowest BCUT2D eigenvalue weighted by Crippen LogP contribution is -2.53. The zero-order valence-corrected chi connectivity index (χ0v) is 24.3. The molecule has 0 bridgehead atoms. The van der Waals surface area contributed by atoms with Crippen molar-refractivity contribution in [3.8, 4) is 0 Å². The van der Waals surface area contributed by atoms with Crippen molar-refractivity contribution in [1.29, 1.82) is 0 Å². The number of rotatable bonds is 5. The lowest BCUT2D eigenvalue weighted by Gasteiger charge is -2.46. The van der Waals surface area contributed by atoms with Crippen molar-refractivity contribution in [3.05, 3.63) is 69.2 Å². The number of nitrogens with zero attached hydrogens (tertiary/aromatic N) is 1. The number of hydrogen-bond donors (Lipinski definition) is 1. The zero-order valence-electron chi connectivity index (χ0n) is 23.6. The number of likely N-dealkylation sites (tertiary alicyclic amines) is 1. The normalized spacial score (nSPS) is 29.4. The number of amides is 1. The number of alkyl halides is 4. The largest absolute Gasteiger partial charge is 0.481 e. The van der Waals surface area contributed by atoms with Gasteiger partial charge in [0.2, 0.25) is 11.6 Å². The molecule has 3 aliphatic rings. The number of carboxylic acids is 1. The monoisotopic (exact) mass is 593 g/mol. The van der Waals surface area contributed by atoms with Gasteiger partial charge in [-0.2, -0.15) is 13.2 Å². The van der Waals surface area contributed by atoms with Crippen molar-refractivity contribution in [3.63, 3.8) is 0 Å². The summed E-state index contributed by atoms with van der Waals surface area (Å²) in [5.41, 5.74) is -1.60. The van der Waals surface area contributed by atoms with Gasteiger partial charge in [0.1, 0.15) is 0 Å². The standard InChI is InChI=1S/C32H36ClF4NO3/c1-19-16-20(4-8-25(19)33)18-31-14-15-38(28(41)29(2)12-10-21(11-13-29)27(39)40)26(31)9-5-22-17-23(6-7-24(22)31)30(3,34)32(35,36)37/h4,6-8,16-17,21,26H,5,9-15,18H2,1-3H3,(H,39,40). The first-order valence-corrected chi connectivity index (χ1v) is 14.7. The summed E-state index contributed by atoms with van der Waals surface area (Å²) in [6.45, 7) is 4.90. The van der Waals surface area contributed by atoms with Gasteiger partial charge in [-0.25, -0.2) is 4.39 Å². The minimum Gasteiger partial charge on any atom is -0.481 e. The molecule has 1 aliphatic heterocycles. The molecule has 2 aliphatic carbocycles. The van der Waals surface area contributed by atoms with Gasteiger partial charge < -0.3 is 10.0 Å². The van der Waals surface area contributed by atoms with Gasteiger partial charge in [-0.3, -0.25) is 9.59 Å². The third kappa shape index (κ3) is 5.04. The molecule has 1 N–H and O–H groups in total. The van der Waals surface area contributed by atoms with E-state index in [2.05, 4.69) is 0 Å². The SMILES string of the molecule is Cc1cc(CC23CCN(C(=O)C4(C)CCC(C(=O)O)CC4)C2CCc2cc(C(C)(F)C(F)(F)F)ccc23)ccc1Cl. The van der Waals surface area contributed by atoms with Gasteiger partial charge in [0.15, 0.2) is 0 Å². The van der Waals surface area contributed by atoms with Crippen LogP contribution in [0.3, 0.4) is 0 Å². The Balaban J connectivity index is 1.53. The Hall–Kier alpha value is -2.61.